The largest absolute Gasteiger partial charge is 0.369 e. The molecular formula is C13H18NO. The number of benzene rings is 1. The smallest absolute Gasteiger partial charge is 0.220 e. The molecule has 0 aliphatic carbocycles. The number of hydrogen-bond acceptors (Lipinski definition) is 1. The molecule has 0 aromatic heterocycles. The molecule has 15 heavy (non-hydrogen) atoms. The quantitative estimate of drug-likeness (QED) is 0.759. The third-order valence-corrected chi connectivity index (χ3v) is 2.53. The van der Waals surface area contributed by atoms with Gasteiger partial charge in [0.1, 0.15) is 0 Å². The SMILES string of the molecule is C[CH]CCC(Cc1ccccc1)C(N)=O. The molecule has 0 bridgehead atoms. The fourth-order valence-electron chi connectivity index (χ4n) is 1.61. The first-order chi connectivity index (χ1) is 7.24. The summed E-state index contributed by atoms with van der Waals surface area (Å²) in [5, 5.41) is 0. The maximum atomic E-state index is 11.2. The molecule has 1 aromatic carbocycles. The Kier molecular flexibility index (Phi) is 4.88. The lowest BCUT2D eigenvalue weighted by Crippen LogP contribution is -2.25. The van der Waals surface area contributed by atoms with Crippen LogP contribution < -0.4 is 5.73 Å². The molecule has 0 aliphatic heterocycles. The summed E-state index contributed by atoms with van der Waals surface area (Å²) in [7, 11) is 0. The Labute approximate surface area is 91.5 Å². The number of amides is 1. The van der Waals surface area contributed by atoms with Gasteiger partial charge in [-0.3, -0.25) is 4.79 Å². The number of hydrogen-bond donors (Lipinski definition) is 1. The Morgan fingerprint density at radius 1 is 1.40 bits per heavy atom. The molecule has 0 fully saturated rings. The summed E-state index contributed by atoms with van der Waals surface area (Å²) in [4.78, 5) is 11.2. The van der Waals surface area contributed by atoms with E-state index in [1.807, 2.05) is 37.3 Å². The van der Waals surface area contributed by atoms with Gasteiger partial charge in [-0.1, -0.05) is 37.3 Å². The molecule has 2 N–H and O–H groups in total. The Morgan fingerprint density at radius 3 is 2.60 bits per heavy atom. The van der Waals surface area contributed by atoms with Gasteiger partial charge in [-0.15, -0.1) is 0 Å². The van der Waals surface area contributed by atoms with Crippen LogP contribution in [0.1, 0.15) is 25.3 Å². The van der Waals surface area contributed by atoms with Crippen LogP contribution in [-0.4, -0.2) is 5.91 Å². The average molecular weight is 204 g/mol. The summed E-state index contributed by atoms with van der Waals surface area (Å²) >= 11 is 0. The van der Waals surface area contributed by atoms with Crippen molar-refractivity contribution in [1.82, 2.24) is 0 Å². The number of rotatable bonds is 6. The first-order valence-electron chi connectivity index (χ1n) is 5.35. The van der Waals surface area contributed by atoms with Gasteiger partial charge in [0.15, 0.2) is 0 Å². The summed E-state index contributed by atoms with van der Waals surface area (Å²) in [6.07, 6.45) is 4.62. The second kappa shape index (κ2) is 6.23. The molecular weight excluding hydrogens is 186 g/mol. The fraction of sp³-hybridized carbons (Fsp3) is 0.385. The van der Waals surface area contributed by atoms with Crippen molar-refractivity contribution in [3.05, 3.63) is 42.3 Å². The highest BCUT2D eigenvalue weighted by Crippen LogP contribution is 2.14. The Morgan fingerprint density at radius 2 is 2.07 bits per heavy atom. The highest BCUT2D eigenvalue weighted by atomic mass is 16.1. The molecule has 1 rings (SSSR count). The standard InChI is InChI=1S/C13H18NO/c1-2-3-9-12(13(14)15)10-11-7-5-4-6-8-11/h2,4-8,12H,3,9-10H2,1H3,(H2,14,15). The van der Waals surface area contributed by atoms with Gasteiger partial charge >= 0.3 is 0 Å². The summed E-state index contributed by atoms with van der Waals surface area (Å²) in [6.45, 7) is 2.00. The van der Waals surface area contributed by atoms with Gasteiger partial charge in [0.25, 0.3) is 0 Å². The van der Waals surface area contributed by atoms with Crippen LogP contribution in [0.5, 0.6) is 0 Å². The van der Waals surface area contributed by atoms with E-state index >= 15 is 0 Å². The van der Waals surface area contributed by atoms with Crippen molar-refractivity contribution in [2.75, 3.05) is 0 Å². The van der Waals surface area contributed by atoms with Gasteiger partial charge in [-0.25, -0.2) is 0 Å². The third-order valence-electron chi connectivity index (χ3n) is 2.53. The van der Waals surface area contributed by atoms with Crippen molar-refractivity contribution < 1.29 is 4.79 Å². The second-order valence-corrected chi connectivity index (χ2v) is 3.77. The van der Waals surface area contributed by atoms with Crippen molar-refractivity contribution in [3.8, 4) is 0 Å². The molecule has 1 atom stereocenters. The number of unbranched alkanes of at least 4 members (excludes halogenated alkanes) is 1. The lowest BCUT2D eigenvalue weighted by Gasteiger charge is -2.12. The summed E-state index contributed by atoms with van der Waals surface area (Å²) in [6, 6.07) is 10.0. The molecule has 1 amide bonds. The minimum atomic E-state index is -0.194. The van der Waals surface area contributed by atoms with E-state index in [0.717, 1.165) is 19.3 Å². The molecule has 2 nitrogen and oxygen atoms in total. The zero-order valence-electron chi connectivity index (χ0n) is 9.15. The molecule has 81 valence electrons. The van der Waals surface area contributed by atoms with Crippen LogP contribution in [0, 0.1) is 12.3 Å². The maximum absolute atomic E-state index is 11.2. The predicted molar refractivity (Wildman–Crippen MR) is 62.0 cm³/mol. The Hall–Kier alpha value is -1.31. The minimum Gasteiger partial charge on any atom is -0.369 e. The van der Waals surface area contributed by atoms with E-state index in [4.69, 9.17) is 5.73 Å². The zero-order valence-corrected chi connectivity index (χ0v) is 9.15. The van der Waals surface area contributed by atoms with E-state index in [0.29, 0.717) is 0 Å². The highest BCUT2D eigenvalue weighted by Gasteiger charge is 2.14. The van der Waals surface area contributed by atoms with Gasteiger partial charge in [-0.05, 0) is 31.2 Å². The molecule has 0 saturated carbocycles. The van der Waals surface area contributed by atoms with Gasteiger partial charge < -0.3 is 5.73 Å². The van der Waals surface area contributed by atoms with Crippen molar-refractivity contribution in [2.24, 2.45) is 11.7 Å². The molecule has 1 radical (unpaired) electrons. The van der Waals surface area contributed by atoms with Crippen LogP contribution in [0.15, 0.2) is 30.3 Å². The Bertz CT molecular complexity index is 295. The minimum absolute atomic E-state index is 0.0383. The number of nitrogens with two attached hydrogens (primary N) is 1. The molecule has 1 aromatic rings. The summed E-state index contributed by atoms with van der Waals surface area (Å²) in [5.74, 6) is -0.232. The van der Waals surface area contributed by atoms with E-state index in [9.17, 15) is 4.79 Å². The highest BCUT2D eigenvalue weighted by molar-refractivity contribution is 5.76. The third kappa shape index (κ3) is 4.15. The Balaban J connectivity index is 2.55. The molecule has 0 saturated heterocycles. The van der Waals surface area contributed by atoms with E-state index in [1.165, 1.54) is 5.56 Å². The van der Waals surface area contributed by atoms with Crippen molar-refractivity contribution in [2.45, 2.75) is 26.2 Å². The molecule has 2 heteroatoms. The van der Waals surface area contributed by atoms with Crippen molar-refractivity contribution in [1.29, 1.82) is 0 Å². The molecule has 0 spiro atoms. The van der Waals surface area contributed by atoms with Crippen LogP contribution in [0.3, 0.4) is 0 Å². The molecule has 1 unspecified atom stereocenters. The van der Waals surface area contributed by atoms with Gasteiger partial charge in [0.05, 0.1) is 0 Å². The first kappa shape index (κ1) is 11.8. The van der Waals surface area contributed by atoms with Crippen LogP contribution in [0.2, 0.25) is 0 Å². The number of primary amides is 1. The van der Waals surface area contributed by atoms with E-state index in [2.05, 4.69) is 6.42 Å². The normalized spacial score (nSPS) is 12.3. The monoisotopic (exact) mass is 204 g/mol. The summed E-state index contributed by atoms with van der Waals surface area (Å²) in [5.41, 5.74) is 6.55. The number of carbonyl (C=O) groups is 1. The molecule has 0 heterocycles. The topological polar surface area (TPSA) is 43.1 Å². The maximum Gasteiger partial charge on any atom is 0.220 e. The average Bonchev–Trinajstić information content (AvgIpc) is 2.25. The van der Waals surface area contributed by atoms with E-state index in [-0.39, 0.29) is 11.8 Å². The summed E-state index contributed by atoms with van der Waals surface area (Å²) < 4.78 is 0. The van der Waals surface area contributed by atoms with Gasteiger partial charge in [-0.2, -0.15) is 0 Å². The lowest BCUT2D eigenvalue weighted by atomic mass is 9.94. The number of carbonyl (C=O) groups excluding carboxylic acids is 1. The van der Waals surface area contributed by atoms with Crippen molar-refractivity contribution >= 4 is 5.91 Å². The lowest BCUT2D eigenvalue weighted by molar-refractivity contribution is -0.121. The molecule has 0 aliphatic rings. The van der Waals surface area contributed by atoms with Gasteiger partial charge in [0.2, 0.25) is 5.91 Å². The zero-order chi connectivity index (χ0) is 11.1. The fourth-order valence-corrected chi connectivity index (χ4v) is 1.61. The van der Waals surface area contributed by atoms with Crippen molar-refractivity contribution in [3.63, 3.8) is 0 Å². The second-order valence-electron chi connectivity index (χ2n) is 3.77. The van der Waals surface area contributed by atoms with Crippen LogP contribution in [0.4, 0.5) is 0 Å². The predicted octanol–water partition coefficient (Wildman–Crippen LogP) is 2.33. The van der Waals surface area contributed by atoms with E-state index < -0.39 is 0 Å². The van der Waals surface area contributed by atoms with Crippen LogP contribution in [-0.2, 0) is 11.2 Å². The van der Waals surface area contributed by atoms with Crippen LogP contribution >= 0.6 is 0 Å². The van der Waals surface area contributed by atoms with Crippen LogP contribution in [0.25, 0.3) is 0 Å². The van der Waals surface area contributed by atoms with E-state index in [1.54, 1.807) is 0 Å². The van der Waals surface area contributed by atoms with Gasteiger partial charge in [0, 0.05) is 5.92 Å². The first-order valence-corrected chi connectivity index (χ1v) is 5.35.